The number of hydrogen-bond donors (Lipinski definition) is 0. The number of alkyl halides is 3. The van der Waals surface area contributed by atoms with Crippen LogP contribution in [0.2, 0.25) is 0 Å². The first-order chi connectivity index (χ1) is 15.7. The van der Waals surface area contributed by atoms with Crippen LogP contribution in [-0.2, 0) is 9.53 Å². The Hall–Kier alpha value is -2.72. The van der Waals surface area contributed by atoms with Crippen molar-refractivity contribution in [3.05, 3.63) is 41.8 Å². The quantitative estimate of drug-likeness (QED) is 0.482. The van der Waals surface area contributed by atoms with Crippen LogP contribution in [0.1, 0.15) is 32.1 Å². The lowest BCUT2D eigenvalue weighted by Gasteiger charge is -2.53. The molecule has 0 saturated carbocycles. The third kappa shape index (κ3) is 4.29. The highest BCUT2D eigenvalue weighted by Crippen LogP contribution is 2.43. The third-order valence-electron chi connectivity index (χ3n) is 6.57. The van der Waals surface area contributed by atoms with Gasteiger partial charge in [0.15, 0.2) is 5.72 Å². The monoisotopic (exact) mass is 477 g/mol. The SMILES string of the molecule is CN1C2CCCC1(OC(=O)C(F)(F)F)CC(Oc1ccc(-c3ccc4sccc4c3)nn1)C2. The minimum absolute atomic E-state index is 0.0388. The van der Waals surface area contributed by atoms with Crippen LogP contribution >= 0.6 is 11.3 Å². The van der Waals surface area contributed by atoms with Crippen LogP contribution in [0, 0.1) is 0 Å². The van der Waals surface area contributed by atoms with E-state index in [1.807, 2.05) is 35.7 Å². The number of esters is 1. The topological polar surface area (TPSA) is 64.5 Å². The number of benzene rings is 1. The molecular weight excluding hydrogens is 455 g/mol. The van der Waals surface area contributed by atoms with Gasteiger partial charge in [0.2, 0.25) is 5.88 Å². The normalized spacial score (nSPS) is 25.7. The number of ether oxygens (including phenoxy) is 2. The molecule has 10 heteroatoms. The Morgan fingerprint density at radius 2 is 2.06 bits per heavy atom. The van der Waals surface area contributed by atoms with Crippen LogP contribution in [0.3, 0.4) is 0 Å². The zero-order valence-electron chi connectivity index (χ0n) is 17.8. The Balaban J connectivity index is 1.32. The lowest BCUT2D eigenvalue weighted by molar-refractivity contribution is -0.253. The molecule has 6 nitrogen and oxygen atoms in total. The van der Waals surface area contributed by atoms with Gasteiger partial charge in [-0.2, -0.15) is 13.2 Å². The number of thiophene rings is 1. The highest BCUT2D eigenvalue weighted by molar-refractivity contribution is 7.17. The van der Waals surface area contributed by atoms with E-state index in [1.54, 1.807) is 29.4 Å². The molecule has 4 heterocycles. The summed E-state index contributed by atoms with van der Waals surface area (Å²) < 4.78 is 51.0. The number of carbonyl (C=O) groups excluding carboxylic acids is 1. The van der Waals surface area contributed by atoms with Crippen molar-refractivity contribution in [1.82, 2.24) is 15.1 Å². The van der Waals surface area contributed by atoms with Crippen LogP contribution in [-0.4, -0.2) is 52.2 Å². The van der Waals surface area contributed by atoms with Crippen LogP contribution < -0.4 is 4.74 Å². The van der Waals surface area contributed by atoms with Gasteiger partial charge in [0.1, 0.15) is 6.10 Å². The summed E-state index contributed by atoms with van der Waals surface area (Å²) in [5.41, 5.74) is 0.306. The largest absolute Gasteiger partial charge is 0.490 e. The van der Waals surface area contributed by atoms with E-state index in [2.05, 4.69) is 10.2 Å². The number of hydrogen-bond acceptors (Lipinski definition) is 7. The molecule has 1 aromatic carbocycles. The van der Waals surface area contributed by atoms with E-state index in [4.69, 9.17) is 9.47 Å². The highest BCUT2D eigenvalue weighted by Gasteiger charge is 2.54. The summed E-state index contributed by atoms with van der Waals surface area (Å²) in [6.45, 7) is 0. The summed E-state index contributed by atoms with van der Waals surface area (Å²) in [7, 11) is 1.71. The summed E-state index contributed by atoms with van der Waals surface area (Å²) >= 11 is 1.67. The molecule has 3 unspecified atom stereocenters. The number of halogens is 3. The summed E-state index contributed by atoms with van der Waals surface area (Å²) in [6, 6.07) is 11.6. The van der Waals surface area contributed by atoms with E-state index in [9.17, 15) is 18.0 Å². The number of piperidine rings is 2. The molecule has 3 atom stereocenters. The molecule has 0 amide bonds. The summed E-state index contributed by atoms with van der Waals surface area (Å²) in [4.78, 5) is 13.4. The summed E-state index contributed by atoms with van der Waals surface area (Å²) in [5, 5.41) is 11.6. The first kappa shape index (κ1) is 22.1. The zero-order chi connectivity index (χ0) is 23.2. The Kier molecular flexibility index (Phi) is 5.52. The highest BCUT2D eigenvalue weighted by atomic mass is 32.1. The van der Waals surface area contributed by atoms with E-state index in [1.165, 1.54) is 4.70 Å². The molecule has 2 saturated heterocycles. The van der Waals surface area contributed by atoms with Crippen molar-refractivity contribution in [3.8, 4) is 17.1 Å². The molecule has 2 fully saturated rings. The molecule has 174 valence electrons. The van der Waals surface area contributed by atoms with Gasteiger partial charge in [0, 0.05) is 41.6 Å². The van der Waals surface area contributed by atoms with Crippen LogP contribution in [0.5, 0.6) is 5.88 Å². The van der Waals surface area contributed by atoms with E-state index >= 15 is 0 Å². The van der Waals surface area contributed by atoms with Crippen molar-refractivity contribution in [3.63, 3.8) is 0 Å². The van der Waals surface area contributed by atoms with Crippen LogP contribution in [0.4, 0.5) is 13.2 Å². The maximum Gasteiger partial charge on any atom is 0.490 e. The van der Waals surface area contributed by atoms with Gasteiger partial charge in [0.05, 0.1) is 5.69 Å². The van der Waals surface area contributed by atoms with Gasteiger partial charge in [-0.3, -0.25) is 4.90 Å². The lowest BCUT2D eigenvalue weighted by atomic mass is 9.80. The van der Waals surface area contributed by atoms with Gasteiger partial charge >= 0.3 is 12.1 Å². The molecule has 33 heavy (non-hydrogen) atoms. The predicted molar refractivity (Wildman–Crippen MR) is 117 cm³/mol. The molecule has 2 aliphatic rings. The van der Waals surface area contributed by atoms with Crippen molar-refractivity contribution in [2.75, 3.05) is 7.05 Å². The van der Waals surface area contributed by atoms with Gasteiger partial charge in [-0.1, -0.05) is 6.07 Å². The molecule has 2 bridgehead atoms. The van der Waals surface area contributed by atoms with Gasteiger partial charge in [-0.05, 0) is 54.9 Å². The summed E-state index contributed by atoms with van der Waals surface area (Å²) in [6.07, 6.45) is -2.90. The smallest absolute Gasteiger partial charge is 0.473 e. The maximum atomic E-state index is 12.9. The van der Waals surface area contributed by atoms with Crippen molar-refractivity contribution < 1.29 is 27.4 Å². The average Bonchev–Trinajstić information content (AvgIpc) is 3.23. The van der Waals surface area contributed by atoms with Crippen molar-refractivity contribution >= 4 is 27.4 Å². The molecule has 0 radical (unpaired) electrons. The maximum absolute atomic E-state index is 12.9. The first-order valence-corrected chi connectivity index (χ1v) is 11.6. The van der Waals surface area contributed by atoms with Gasteiger partial charge < -0.3 is 9.47 Å². The standard InChI is InChI=1S/C23H22F3N3O3S/c1-29-16-3-2-9-22(29,32-21(30)23(24,25)26)13-17(12-16)31-20-7-5-18(27-28-20)14-4-6-19-15(11-14)8-10-33-19/h4-8,10-11,16-17H,2-3,9,12-13H2,1H3. The van der Waals surface area contributed by atoms with E-state index < -0.39 is 24.0 Å². The fourth-order valence-corrected chi connectivity index (χ4v) is 5.67. The average molecular weight is 478 g/mol. The zero-order valence-corrected chi connectivity index (χ0v) is 18.7. The second-order valence-electron chi connectivity index (χ2n) is 8.60. The second-order valence-corrected chi connectivity index (χ2v) is 9.55. The molecular formula is C23H22F3N3O3S. The molecule has 5 rings (SSSR count). The van der Waals surface area contributed by atoms with Gasteiger partial charge in [0.25, 0.3) is 0 Å². The van der Waals surface area contributed by atoms with Crippen molar-refractivity contribution in [2.24, 2.45) is 0 Å². The summed E-state index contributed by atoms with van der Waals surface area (Å²) in [5.74, 6) is -1.87. The third-order valence-corrected chi connectivity index (χ3v) is 7.46. The van der Waals surface area contributed by atoms with Gasteiger partial charge in [-0.25, -0.2) is 4.79 Å². The molecule has 0 aliphatic carbocycles. The Morgan fingerprint density at radius 3 is 2.82 bits per heavy atom. The second kappa shape index (κ2) is 8.25. The molecule has 2 aromatic heterocycles. The minimum Gasteiger partial charge on any atom is -0.473 e. The van der Waals surface area contributed by atoms with Crippen LogP contribution in [0.15, 0.2) is 41.8 Å². The Labute approximate surface area is 192 Å². The fourth-order valence-electron chi connectivity index (χ4n) is 4.90. The number of fused-ring (bicyclic) bond motifs is 3. The Bertz CT molecular complexity index is 1170. The fraction of sp³-hybridized carbons (Fsp3) is 0.435. The molecule has 3 aromatic rings. The van der Waals surface area contributed by atoms with Gasteiger partial charge in [-0.15, -0.1) is 21.5 Å². The predicted octanol–water partition coefficient (Wildman–Crippen LogP) is 5.19. The number of aromatic nitrogens is 2. The number of nitrogens with zero attached hydrogens (tertiary/aromatic N) is 3. The Morgan fingerprint density at radius 1 is 1.21 bits per heavy atom. The molecule has 2 aliphatic heterocycles. The number of rotatable bonds is 4. The molecule has 0 spiro atoms. The van der Waals surface area contributed by atoms with Crippen molar-refractivity contribution in [1.29, 1.82) is 0 Å². The van der Waals surface area contributed by atoms with E-state index in [-0.39, 0.29) is 12.5 Å². The van der Waals surface area contributed by atoms with E-state index in [0.717, 1.165) is 17.4 Å². The lowest BCUT2D eigenvalue weighted by Crippen LogP contribution is -2.63. The first-order valence-electron chi connectivity index (χ1n) is 10.7. The van der Waals surface area contributed by atoms with Crippen molar-refractivity contribution in [2.45, 2.75) is 56.2 Å². The molecule has 0 N–H and O–H groups in total. The van der Waals surface area contributed by atoms with Crippen LogP contribution in [0.25, 0.3) is 21.3 Å². The number of carbonyl (C=O) groups is 1. The minimum atomic E-state index is -5.04. The van der Waals surface area contributed by atoms with E-state index in [0.29, 0.717) is 30.8 Å².